The Labute approximate surface area is 224 Å². The van der Waals surface area contributed by atoms with Crippen molar-refractivity contribution >= 4 is 5.91 Å². The summed E-state index contributed by atoms with van der Waals surface area (Å²) in [6, 6.07) is 31.3. The maximum atomic E-state index is 12.6. The monoisotopic (exact) mass is 511 g/mol. The van der Waals surface area contributed by atoms with Crippen molar-refractivity contribution in [2.45, 2.75) is 26.1 Å². The van der Waals surface area contributed by atoms with Gasteiger partial charge < -0.3 is 24.3 Å². The Morgan fingerprint density at radius 1 is 0.605 bits per heavy atom. The second kappa shape index (κ2) is 13.7. The fourth-order valence-electron chi connectivity index (χ4n) is 4.00. The number of nitrogens with one attached hydrogen (secondary N) is 1. The minimum absolute atomic E-state index is 0.0572. The number of rotatable bonds is 13. The Morgan fingerprint density at radius 3 is 1.63 bits per heavy atom. The van der Waals surface area contributed by atoms with Gasteiger partial charge in [0.15, 0.2) is 23.0 Å². The molecule has 0 unspecified atom stereocenters. The van der Waals surface area contributed by atoms with E-state index in [4.69, 9.17) is 18.9 Å². The van der Waals surface area contributed by atoms with E-state index >= 15 is 0 Å². The summed E-state index contributed by atoms with van der Waals surface area (Å²) in [4.78, 5) is 12.6. The van der Waals surface area contributed by atoms with E-state index in [9.17, 15) is 4.79 Å². The van der Waals surface area contributed by atoms with Crippen LogP contribution < -0.4 is 24.3 Å². The Morgan fingerprint density at radius 2 is 1.11 bits per heavy atom. The number of amides is 1. The highest BCUT2D eigenvalue weighted by molar-refractivity contribution is 5.78. The number of carbonyl (C=O) groups excluding carboxylic acids is 1. The van der Waals surface area contributed by atoms with Gasteiger partial charge in [-0.1, -0.05) is 72.8 Å². The minimum atomic E-state index is -0.0572. The van der Waals surface area contributed by atoms with E-state index in [1.54, 1.807) is 14.2 Å². The summed E-state index contributed by atoms with van der Waals surface area (Å²) in [5.41, 5.74) is 4.05. The van der Waals surface area contributed by atoms with Gasteiger partial charge in [0, 0.05) is 6.54 Å². The largest absolute Gasteiger partial charge is 0.493 e. The molecule has 0 heterocycles. The van der Waals surface area contributed by atoms with Gasteiger partial charge in [0.1, 0.15) is 13.2 Å². The number of benzene rings is 4. The van der Waals surface area contributed by atoms with E-state index in [2.05, 4.69) is 5.32 Å². The summed E-state index contributed by atoms with van der Waals surface area (Å²) in [7, 11) is 3.23. The molecule has 0 saturated carbocycles. The summed E-state index contributed by atoms with van der Waals surface area (Å²) >= 11 is 0. The molecule has 0 saturated heterocycles. The third-order valence-corrected chi connectivity index (χ3v) is 6.03. The molecule has 6 heteroatoms. The fourth-order valence-corrected chi connectivity index (χ4v) is 4.00. The fraction of sp³-hybridized carbons (Fsp3) is 0.219. The second-order valence-corrected chi connectivity index (χ2v) is 8.80. The zero-order chi connectivity index (χ0) is 26.6. The number of hydrogen-bond acceptors (Lipinski definition) is 5. The molecule has 196 valence electrons. The highest BCUT2D eigenvalue weighted by atomic mass is 16.5. The van der Waals surface area contributed by atoms with E-state index in [-0.39, 0.29) is 12.3 Å². The first-order valence-electron chi connectivity index (χ1n) is 12.6. The smallest absolute Gasteiger partial charge is 0.224 e. The molecule has 0 aliphatic carbocycles. The Bertz CT molecular complexity index is 1310. The first-order valence-corrected chi connectivity index (χ1v) is 12.6. The number of ether oxygens (including phenoxy) is 4. The third-order valence-electron chi connectivity index (χ3n) is 6.03. The van der Waals surface area contributed by atoms with Gasteiger partial charge in [-0.25, -0.2) is 0 Å². The number of carbonyl (C=O) groups is 1. The molecule has 0 radical (unpaired) electrons. The van der Waals surface area contributed by atoms with Crippen LogP contribution in [0.25, 0.3) is 0 Å². The maximum absolute atomic E-state index is 12.6. The van der Waals surface area contributed by atoms with Crippen molar-refractivity contribution < 1.29 is 23.7 Å². The van der Waals surface area contributed by atoms with E-state index in [0.29, 0.717) is 49.2 Å². The molecule has 1 N–H and O–H groups in total. The molecule has 4 rings (SSSR count). The van der Waals surface area contributed by atoms with Gasteiger partial charge >= 0.3 is 0 Å². The Kier molecular flexibility index (Phi) is 9.63. The first kappa shape index (κ1) is 26.6. The molecule has 38 heavy (non-hydrogen) atoms. The van der Waals surface area contributed by atoms with Crippen LogP contribution in [0, 0.1) is 0 Å². The van der Waals surface area contributed by atoms with Gasteiger partial charge in [-0.05, 0) is 52.9 Å². The molecule has 4 aromatic rings. The van der Waals surface area contributed by atoms with Crippen LogP contribution in [0.5, 0.6) is 23.0 Å². The zero-order valence-corrected chi connectivity index (χ0v) is 21.8. The van der Waals surface area contributed by atoms with Crippen LogP contribution in [0.2, 0.25) is 0 Å². The van der Waals surface area contributed by atoms with Crippen LogP contribution in [0.3, 0.4) is 0 Å². The summed E-state index contributed by atoms with van der Waals surface area (Å²) in [6.07, 6.45) is 0.922. The molecular weight excluding hydrogens is 478 g/mol. The molecule has 0 aliphatic rings. The molecule has 0 bridgehead atoms. The molecule has 0 aromatic heterocycles. The van der Waals surface area contributed by atoms with Crippen molar-refractivity contribution in [1.29, 1.82) is 0 Å². The summed E-state index contributed by atoms with van der Waals surface area (Å²) in [5.74, 6) is 2.55. The maximum Gasteiger partial charge on any atom is 0.224 e. The predicted octanol–water partition coefficient (Wildman–Crippen LogP) is 5.76. The standard InChI is InChI=1S/C32H33NO5/c1-35-28-15-13-24(19-30(28)37-22-25-9-5-3-6-10-25)17-18-33-32(34)21-27-14-16-29(36-2)31(20-27)38-23-26-11-7-4-8-12-26/h3-16,19-20H,17-18,21-23H2,1-2H3,(H,33,34). The van der Waals surface area contributed by atoms with E-state index < -0.39 is 0 Å². The average molecular weight is 512 g/mol. The van der Waals surface area contributed by atoms with Crippen molar-refractivity contribution in [2.24, 2.45) is 0 Å². The van der Waals surface area contributed by atoms with Crippen molar-refractivity contribution in [3.05, 3.63) is 119 Å². The summed E-state index contributed by atoms with van der Waals surface area (Å²) in [6.45, 7) is 1.39. The number of methoxy groups -OCH3 is 2. The van der Waals surface area contributed by atoms with Crippen LogP contribution in [0.1, 0.15) is 22.3 Å². The summed E-state index contributed by atoms with van der Waals surface area (Å²) in [5, 5.41) is 3.01. The lowest BCUT2D eigenvalue weighted by Gasteiger charge is -2.13. The molecule has 0 atom stereocenters. The molecule has 4 aromatic carbocycles. The molecule has 0 fully saturated rings. The van der Waals surface area contributed by atoms with Crippen molar-refractivity contribution in [3.8, 4) is 23.0 Å². The van der Waals surface area contributed by atoms with E-state index in [0.717, 1.165) is 22.3 Å². The van der Waals surface area contributed by atoms with Crippen LogP contribution in [-0.2, 0) is 30.8 Å². The van der Waals surface area contributed by atoms with Gasteiger partial charge in [-0.15, -0.1) is 0 Å². The van der Waals surface area contributed by atoms with Crippen LogP contribution in [0.15, 0.2) is 97.1 Å². The minimum Gasteiger partial charge on any atom is -0.493 e. The van der Waals surface area contributed by atoms with Crippen molar-refractivity contribution in [3.63, 3.8) is 0 Å². The predicted molar refractivity (Wildman–Crippen MR) is 148 cm³/mol. The van der Waals surface area contributed by atoms with E-state index in [1.165, 1.54) is 0 Å². The van der Waals surface area contributed by atoms with Crippen molar-refractivity contribution in [2.75, 3.05) is 20.8 Å². The first-order chi connectivity index (χ1) is 18.6. The molecule has 6 nitrogen and oxygen atoms in total. The molecule has 0 spiro atoms. The van der Waals surface area contributed by atoms with Crippen LogP contribution >= 0.6 is 0 Å². The SMILES string of the molecule is COc1ccc(CCNC(=O)Cc2ccc(OC)c(OCc3ccccc3)c2)cc1OCc1ccccc1. The zero-order valence-electron chi connectivity index (χ0n) is 21.8. The highest BCUT2D eigenvalue weighted by Gasteiger charge is 2.11. The molecule has 0 aliphatic heterocycles. The normalized spacial score (nSPS) is 10.5. The molecule has 1 amide bonds. The quantitative estimate of drug-likeness (QED) is 0.247. The lowest BCUT2D eigenvalue weighted by molar-refractivity contribution is -0.120. The van der Waals surface area contributed by atoms with E-state index in [1.807, 2.05) is 97.1 Å². The number of hydrogen-bond donors (Lipinski definition) is 1. The lowest BCUT2D eigenvalue weighted by atomic mass is 10.1. The average Bonchev–Trinajstić information content (AvgIpc) is 2.96. The third kappa shape index (κ3) is 7.77. The topological polar surface area (TPSA) is 66.0 Å². The summed E-state index contributed by atoms with van der Waals surface area (Å²) < 4.78 is 22.9. The van der Waals surface area contributed by atoms with Gasteiger partial charge in [-0.3, -0.25) is 4.79 Å². The van der Waals surface area contributed by atoms with Crippen molar-refractivity contribution in [1.82, 2.24) is 5.32 Å². The highest BCUT2D eigenvalue weighted by Crippen LogP contribution is 2.30. The van der Waals surface area contributed by atoms with Crippen LogP contribution in [0.4, 0.5) is 0 Å². The van der Waals surface area contributed by atoms with Gasteiger partial charge in [0.25, 0.3) is 0 Å². The van der Waals surface area contributed by atoms with Gasteiger partial charge in [0.2, 0.25) is 5.91 Å². The van der Waals surface area contributed by atoms with Crippen LogP contribution in [-0.4, -0.2) is 26.7 Å². The lowest BCUT2D eigenvalue weighted by Crippen LogP contribution is -2.27. The Balaban J connectivity index is 1.29. The second-order valence-electron chi connectivity index (χ2n) is 8.80. The Hall–Kier alpha value is -4.45. The van der Waals surface area contributed by atoms with Gasteiger partial charge in [-0.2, -0.15) is 0 Å². The molecular formula is C32H33NO5. The van der Waals surface area contributed by atoms with Gasteiger partial charge in [0.05, 0.1) is 20.6 Å².